The van der Waals surface area contributed by atoms with Gasteiger partial charge in [0.1, 0.15) is 12.6 Å². The van der Waals surface area contributed by atoms with Crippen molar-refractivity contribution in [2.24, 2.45) is 0 Å². The first kappa shape index (κ1) is 23.8. The van der Waals surface area contributed by atoms with Crippen LogP contribution in [0.5, 0.6) is 0 Å². The maximum absolute atomic E-state index is 13.0. The number of nitrogens with one attached hydrogen (secondary N) is 1. The normalized spacial score (nSPS) is 17.4. The second kappa shape index (κ2) is 9.85. The largest absolute Gasteiger partial charge is 0.479 e. The summed E-state index contributed by atoms with van der Waals surface area (Å²) in [7, 11) is 1.37. The third-order valence-electron chi connectivity index (χ3n) is 7.01. The number of carboxylic acid groups (broad SMARTS) is 1. The number of likely N-dealkylation sites (tertiary alicyclic amines) is 1. The smallest absolute Gasteiger partial charge is 0.407 e. The zero-order chi connectivity index (χ0) is 24.3. The molecule has 0 unspecified atom stereocenters. The molecule has 1 heterocycles. The van der Waals surface area contributed by atoms with Crippen LogP contribution in [0.4, 0.5) is 4.79 Å². The first-order chi connectivity index (χ1) is 16.4. The molecule has 1 fully saturated rings. The van der Waals surface area contributed by atoms with Gasteiger partial charge in [-0.1, -0.05) is 55.5 Å². The van der Waals surface area contributed by atoms with E-state index in [0.717, 1.165) is 22.3 Å². The number of amides is 2. The minimum Gasteiger partial charge on any atom is -0.479 e. The molecule has 0 saturated carbocycles. The van der Waals surface area contributed by atoms with E-state index in [9.17, 15) is 19.5 Å². The van der Waals surface area contributed by atoms with Gasteiger partial charge in [0, 0.05) is 39.0 Å². The van der Waals surface area contributed by atoms with Crippen molar-refractivity contribution in [1.29, 1.82) is 0 Å². The van der Waals surface area contributed by atoms with E-state index in [1.807, 2.05) is 43.3 Å². The number of carboxylic acids is 1. The summed E-state index contributed by atoms with van der Waals surface area (Å²) in [5, 5.41) is 12.2. The van der Waals surface area contributed by atoms with Crippen LogP contribution in [-0.4, -0.2) is 66.4 Å². The number of carbonyl (C=O) groups is 3. The van der Waals surface area contributed by atoms with Gasteiger partial charge in [-0.15, -0.1) is 0 Å². The maximum Gasteiger partial charge on any atom is 0.407 e. The Morgan fingerprint density at radius 1 is 1.06 bits per heavy atom. The molecule has 0 spiro atoms. The Balaban J connectivity index is 1.36. The second-order valence-corrected chi connectivity index (χ2v) is 8.76. The van der Waals surface area contributed by atoms with Crippen LogP contribution in [0.25, 0.3) is 11.1 Å². The van der Waals surface area contributed by atoms with Crippen LogP contribution in [-0.2, 0) is 19.1 Å². The molecule has 2 aromatic carbocycles. The number of alkyl carbamates (subject to hydrolysis) is 1. The van der Waals surface area contributed by atoms with Crippen molar-refractivity contribution >= 4 is 18.0 Å². The van der Waals surface area contributed by atoms with Crippen LogP contribution < -0.4 is 5.32 Å². The highest BCUT2D eigenvalue weighted by molar-refractivity contribution is 5.86. The van der Waals surface area contributed by atoms with Gasteiger partial charge < -0.3 is 24.8 Å². The molecule has 1 saturated heterocycles. The number of fused-ring (bicyclic) bond motifs is 3. The minimum atomic E-state index is -1.27. The van der Waals surface area contributed by atoms with Crippen LogP contribution >= 0.6 is 0 Å². The fourth-order valence-electron chi connectivity index (χ4n) is 4.93. The Bertz CT molecular complexity index is 1030. The van der Waals surface area contributed by atoms with Crippen LogP contribution in [0.15, 0.2) is 48.5 Å². The van der Waals surface area contributed by atoms with Gasteiger partial charge in [-0.25, -0.2) is 9.59 Å². The summed E-state index contributed by atoms with van der Waals surface area (Å²) in [6.07, 6.45) is 0.155. The van der Waals surface area contributed by atoms with Gasteiger partial charge in [0.2, 0.25) is 5.91 Å². The molecule has 8 nitrogen and oxygen atoms in total. The predicted octanol–water partition coefficient (Wildman–Crippen LogP) is 3.40. The summed E-state index contributed by atoms with van der Waals surface area (Å²) in [4.78, 5) is 38.7. The van der Waals surface area contributed by atoms with Crippen LogP contribution in [0.2, 0.25) is 0 Å². The monoisotopic (exact) mass is 466 g/mol. The molecule has 8 heteroatoms. The summed E-state index contributed by atoms with van der Waals surface area (Å²) in [5.74, 6) is -1.33. The highest BCUT2D eigenvalue weighted by atomic mass is 16.5. The van der Waals surface area contributed by atoms with Gasteiger partial charge in [-0.3, -0.25) is 4.79 Å². The average Bonchev–Trinajstić information content (AvgIpc) is 3.19. The van der Waals surface area contributed by atoms with E-state index in [2.05, 4.69) is 17.4 Å². The molecule has 0 bridgehead atoms. The fourth-order valence-corrected chi connectivity index (χ4v) is 4.93. The zero-order valence-electron chi connectivity index (χ0n) is 19.5. The molecule has 2 N–H and O–H groups in total. The number of ether oxygens (including phenoxy) is 2. The number of hydrogen-bond donors (Lipinski definition) is 2. The Labute approximate surface area is 198 Å². The molecule has 2 aromatic rings. The highest BCUT2D eigenvalue weighted by Crippen LogP contribution is 2.44. The lowest BCUT2D eigenvalue weighted by atomic mass is 9.91. The first-order valence-corrected chi connectivity index (χ1v) is 11.6. The Morgan fingerprint density at radius 2 is 1.62 bits per heavy atom. The van der Waals surface area contributed by atoms with Crippen molar-refractivity contribution in [2.45, 2.75) is 43.7 Å². The van der Waals surface area contributed by atoms with Gasteiger partial charge in [-0.2, -0.15) is 0 Å². The highest BCUT2D eigenvalue weighted by Gasteiger charge is 2.43. The van der Waals surface area contributed by atoms with Crippen LogP contribution in [0.3, 0.4) is 0 Å². The minimum absolute atomic E-state index is 0.0609. The molecule has 2 amide bonds. The second-order valence-electron chi connectivity index (χ2n) is 8.76. The topological polar surface area (TPSA) is 105 Å². The Kier molecular flexibility index (Phi) is 6.88. The van der Waals surface area contributed by atoms with Gasteiger partial charge >= 0.3 is 12.1 Å². The van der Waals surface area contributed by atoms with E-state index in [1.54, 1.807) is 4.90 Å². The van der Waals surface area contributed by atoms with E-state index in [4.69, 9.17) is 9.47 Å². The van der Waals surface area contributed by atoms with Crippen LogP contribution in [0.1, 0.15) is 43.2 Å². The van der Waals surface area contributed by atoms with Gasteiger partial charge in [0.25, 0.3) is 0 Å². The number of aliphatic carboxylic acids is 1. The van der Waals surface area contributed by atoms with Gasteiger partial charge in [-0.05, 0) is 28.7 Å². The average molecular weight is 467 g/mol. The molecule has 4 rings (SSSR count). The number of methoxy groups -OCH3 is 1. The molecule has 2 aliphatic rings. The number of carbonyl (C=O) groups excluding carboxylic acids is 2. The quantitative estimate of drug-likeness (QED) is 0.648. The van der Waals surface area contributed by atoms with Crippen molar-refractivity contribution in [2.75, 3.05) is 26.8 Å². The van der Waals surface area contributed by atoms with Gasteiger partial charge in [0.05, 0.1) is 0 Å². The maximum atomic E-state index is 13.0. The summed E-state index contributed by atoms with van der Waals surface area (Å²) < 4.78 is 10.8. The molecule has 180 valence electrons. The third-order valence-corrected chi connectivity index (χ3v) is 7.01. The van der Waals surface area contributed by atoms with Crippen molar-refractivity contribution in [3.8, 4) is 11.1 Å². The van der Waals surface area contributed by atoms with E-state index in [0.29, 0.717) is 6.42 Å². The summed E-state index contributed by atoms with van der Waals surface area (Å²) >= 11 is 0. The number of benzene rings is 2. The van der Waals surface area contributed by atoms with E-state index in [-0.39, 0.29) is 44.4 Å². The Hall–Kier alpha value is -3.39. The standard InChI is InChI=1S/C26H30N2O6/c1-3-22(23(29)28-14-12-26(33-2,13-15-28)24(30)31)27-25(32)34-16-21-19-10-6-4-8-17(19)18-9-5-7-11-20(18)21/h4-11,21-22H,3,12-16H2,1-2H3,(H,27,32)(H,30,31)/t22-/m1/s1. The molecule has 34 heavy (non-hydrogen) atoms. The summed E-state index contributed by atoms with van der Waals surface area (Å²) in [6.45, 7) is 2.49. The molecule has 0 aromatic heterocycles. The summed E-state index contributed by atoms with van der Waals surface area (Å²) in [5.41, 5.74) is 3.26. The predicted molar refractivity (Wildman–Crippen MR) is 125 cm³/mol. The lowest BCUT2D eigenvalue weighted by Gasteiger charge is -2.38. The number of nitrogens with zero attached hydrogens (tertiary/aromatic N) is 1. The number of piperidine rings is 1. The summed E-state index contributed by atoms with van der Waals surface area (Å²) in [6, 6.07) is 15.4. The molecular formula is C26H30N2O6. The lowest BCUT2D eigenvalue weighted by molar-refractivity contribution is -0.170. The Morgan fingerprint density at radius 3 is 2.12 bits per heavy atom. The molecule has 1 aliphatic carbocycles. The molecule has 1 atom stereocenters. The molecular weight excluding hydrogens is 436 g/mol. The van der Waals surface area contributed by atoms with Crippen LogP contribution in [0, 0.1) is 0 Å². The van der Waals surface area contributed by atoms with Gasteiger partial charge in [0.15, 0.2) is 5.60 Å². The van der Waals surface area contributed by atoms with E-state index in [1.165, 1.54) is 7.11 Å². The molecule has 1 aliphatic heterocycles. The third kappa shape index (κ3) is 4.37. The van der Waals surface area contributed by atoms with Crippen molar-refractivity contribution in [3.05, 3.63) is 59.7 Å². The number of hydrogen-bond acceptors (Lipinski definition) is 5. The van der Waals surface area contributed by atoms with Crippen molar-refractivity contribution < 1.29 is 29.0 Å². The number of rotatable bonds is 7. The molecule has 0 radical (unpaired) electrons. The van der Waals surface area contributed by atoms with E-state index >= 15 is 0 Å². The fraction of sp³-hybridized carbons (Fsp3) is 0.423. The first-order valence-electron chi connectivity index (χ1n) is 11.6. The lowest BCUT2D eigenvalue weighted by Crippen LogP contribution is -2.56. The SMILES string of the molecule is CC[C@@H](NC(=O)OCC1c2ccccc2-c2ccccc21)C(=O)N1CCC(OC)(C(=O)O)CC1. The van der Waals surface area contributed by atoms with Crippen molar-refractivity contribution in [1.82, 2.24) is 10.2 Å². The van der Waals surface area contributed by atoms with Crippen molar-refractivity contribution in [3.63, 3.8) is 0 Å². The zero-order valence-corrected chi connectivity index (χ0v) is 19.5. The van der Waals surface area contributed by atoms with E-state index < -0.39 is 23.7 Å².